The summed E-state index contributed by atoms with van der Waals surface area (Å²) in [4.78, 5) is 17.4. The van der Waals surface area contributed by atoms with E-state index in [4.69, 9.17) is 10.00 Å². The zero-order chi connectivity index (χ0) is 19.9. The molecule has 28 heavy (non-hydrogen) atoms. The number of anilines is 1. The Morgan fingerprint density at radius 3 is 2.93 bits per heavy atom. The average molecular weight is 399 g/mol. The van der Waals surface area contributed by atoms with Crippen molar-refractivity contribution >= 4 is 29.6 Å². The van der Waals surface area contributed by atoms with E-state index in [1.807, 2.05) is 23.6 Å². The molecule has 4 rings (SSSR count). The van der Waals surface area contributed by atoms with E-state index in [1.165, 1.54) is 18.0 Å². The van der Waals surface area contributed by atoms with E-state index in [0.29, 0.717) is 25.5 Å². The molecule has 0 unspecified atom stereocenters. The Hall–Kier alpha value is -2.67. The lowest BCUT2D eigenvalue weighted by Gasteiger charge is -2.38. The number of fused-ring (bicyclic) bond motifs is 1. The van der Waals surface area contributed by atoms with E-state index in [9.17, 15) is 9.18 Å². The molecule has 4 heterocycles. The molecule has 1 amide bonds. The number of hydrogen-bond acceptors (Lipinski definition) is 6. The van der Waals surface area contributed by atoms with E-state index in [2.05, 4.69) is 21.9 Å². The van der Waals surface area contributed by atoms with Gasteiger partial charge in [-0.1, -0.05) is 6.08 Å². The third kappa shape index (κ3) is 3.30. The number of nitriles is 1. The van der Waals surface area contributed by atoms with Crippen molar-refractivity contribution in [3.63, 3.8) is 0 Å². The van der Waals surface area contributed by atoms with Crippen LogP contribution in [-0.4, -0.2) is 34.2 Å². The minimum Gasteiger partial charge on any atom is -0.377 e. The fraction of sp³-hybridized carbons (Fsp3) is 0.316. The third-order valence-electron chi connectivity index (χ3n) is 4.68. The van der Waals surface area contributed by atoms with Crippen molar-refractivity contribution in [2.45, 2.75) is 30.8 Å². The highest BCUT2D eigenvalue weighted by Gasteiger charge is 2.34. The lowest BCUT2D eigenvalue weighted by molar-refractivity contribution is -0.0510. The molecule has 144 valence electrons. The van der Waals surface area contributed by atoms with Crippen molar-refractivity contribution in [1.29, 1.82) is 5.26 Å². The second kappa shape index (κ2) is 7.05. The fourth-order valence-electron chi connectivity index (χ4n) is 3.25. The number of halogens is 1. The molecule has 0 spiro atoms. The second-order valence-electron chi connectivity index (χ2n) is 7.09. The summed E-state index contributed by atoms with van der Waals surface area (Å²) in [5.41, 5.74) is 2.33. The van der Waals surface area contributed by atoms with E-state index in [0.717, 1.165) is 22.2 Å². The first-order valence-electron chi connectivity index (χ1n) is 8.71. The maximum atomic E-state index is 13.6. The predicted octanol–water partition coefficient (Wildman–Crippen LogP) is 2.87. The van der Waals surface area contributed by atoms with Gasteiger partial charge in [0.05, 0.1) is 29.3 Å². The van der Waals surface area contributed by atoms with Crippen LogP contribution in [-0.2, 0) is 11.3 Å². The number of nitrogens with zero attached hydrogens (tertiary/aromatic N) is 3. The van der Waals surface area contributed by atoms with E-state index in [1.54, 1.807) is 6.07 Å². The molecule has 1 fully saturated rings. The van der Waals surface area contributed by atoms with E-state index < -0.39 is 5.95 Å². The molecule has 2 aliphatic heterocycles. The fourth-order valence-corrected chi connectivity index (χ4v) is 4.25. The van der Waals surface area contributed by atoms with E-state index in [-0.39, 0.29) is 22.8 Å². The molecule has 9 heteroatoms. The molecule has 0 bridgehead atoms. The molecule has 2 aliphatic rings. The second-order valence-corrected chi connectivity index (χ2v) is 7.90. The number of hydrogen-bond donors (Lipinski definition) is 2. The predicted molar refractivity (Wildman–Crippen MR) is 103 cm³/mol. The lowest BCUT2D eigenvalue weighted by atomic mass is 10.0. The van der Waals surface area contributed by atoms with Crippen LogP contribution in [0.4, 0.5) is 10.1 Å². The van der Waals surface area contributed by atoms with E-state index >= 15 is 0 Å². The monoisotopic (exact) mass is 399 g/mol. The highest BCUT2D eigenvalue weighted by Crippen LogP contribution is 2.36. The summed E-state index contributed by atoms with van der Waals surface area (Å²) in [7, 11) is 0. The Labute approximate surface area is 165 Å². The largest absolute Gasteiger partial charge is 0.377 e. The van der Waals surface area contributed by atoms with Gasteiger partial charge in [-0.2, -0.15) is 9.65 Å². The number of aromatic nitrogens is 2. The zero-order valence-corrected chi connectivity index (χ0v) is 16.2. The Morgan fingerprint density at radius 2 is 2.25 bits per heavy atom. The highest BCUT2D eigenvalue weighted by atomic mass is 32.2. The van der Waals surface area contributed by atoms with Gasteiger partial charge in [0.1, 0.15) is 17.5 Å². The highest BCUT2D eigenvalue weighted by molar-refractivity contribution is 7.97. The Kier molecular flexibility index (Phi) is 4.71. The smallest absolute Gasteiger partial charge is 0.272 e. The van der Waals surface area contributed by atoms with Crippen LogP contribution in [0.2, 0.25) is 0 Å². The minimum atomic E-state index is -0.815. The summed E-state index contributed by atoms with van der Waals surface area (Å²) >= 11 is 1.49. The summed E-state index contributed by atoms with van der Waals surface area (Å²) in [6.07, 6.45) is 3.98. The SMILES string of the molecule is Cc1c(SNC2(C)COC2)c2n(c1C(=O)Nc1cc(F)nc(C#N)c1)CC=C2. The number of allylic oxidation sites excluding steroid dienone is 1. The molecule has 2 N–H and O–H groups in total. The molecular weight excluding hydrogens is 381 g/mol. The number of ether oxygens (including phenoxy) is 1. The zero-order valence-electron chi connectivity index (χ0n) is 15.4. The van der Waals surface area contributed by atoms with Gasteiger partial charge in [-0.05, 0) is 43.5 Å². The van der Waals surface area contributed by atoms with Gasteiger partial charge >= 0.3 is 0 Å². The molecule has 7 nitrogen and oxygen atoms in total. The molecule has 2 aromatic rings. The number of carbonyl (C=O) groups is 1. The first kappa shape index (κ1) is 18.7. The van der Waals surface area contributed by atoms with Crippen molar-refractivity contribution in [2.24, 2.45) is 0 Å². The number of amides is 1. The summed E-state index contributed by atoms with van der Waals surface area (Å²) in [6.45, 7) is 5.86. The maximum Gasteiger partial charge on any atom is 0.272 e. The minimum absolute atomic E-state index is 0.0844. The number of nitrogens with one attached hydrogen (secondary N) is 2. The quantitative estimate of drug-likeness (QED) is 0.593. The number of pyridine rings is 1. The standard InChI is InChI=1S/C19H18FN5O2S/c1-11-16(18(26)23-12-6-13(8-21)22-15(20)7-12)25-5-3-4-14(25)17(11)28-24-19(2)9-27-10-19/h3-4,6-7,24H,5,9-10H2,1-2H3,(H,22,23,26). The van der Waals surface area contributed by atoms with Crippen molar-refractivity contribution < 1.29 is 13.9 Å². The number of rotatable bonds is 5. The van der Waals surface area contributed by atoms with Crippen molar-refractivity contribution in [3.05, 3.63) is 46.8 Å². The molecule has 2 aromatic heterocycles. The topological polar surface area (TPSA) is 92.0 Å². The Balaban J connectivity index is 1.61. The van der Waals surface area contributed by atoms with Gasteiger partial charge in [0.25, 0.3) is 5.91 Å². The molecule has 0 atom stereocenters. The van der Waals surface area contributed by atoms with Crippen LogP contribution in [0.1, 0.15) is 34.4 Å². The Morgan fingerprint density at radius 1 is 1.46 bits per heavy atom. The Bertz CT molecular complexity index is 1040. The normalized spacial score (nSPS) is 16.4. The van der Waals surface area contributed by atoms with Gasteiger partial charge < -0.3 is 14.6 Å². The third-order valence-corrected chi connectivity index (χ3v) is 5.99. The van der Waals surface area contributed by atoms with Crippen LogP contribution in [0.25, 0.3) is 6.08 Å². The van der Waals surface area contributed by atoms with Gasteiger partial charge in [0.15, 0.2) is 0 Å². The molecule has 1 saturated heterocycles. The molecular formula is C19H18FN5O2S. The maximum absolute atomic E-state index is 13.6. The number of carbonyl (C=O) groups excluding carboxylic acids is 1. The lowest BCUT2D eigenvalue weighted by Crippen LogP contribution is -2.55. The van der Waals surface area contributed by atoms with Crippen molar-refractivity contribution in [2.75, 3.05) is 18.5 Å². The first-order chi connectivity index (χ1) is 13.4. The van der Waals surface area contributed by atoms with Crippen LogP contribution in [0, 0.1) is 24.2 Å². The van der Waals surface area contributed by atoms with Crippen LogP contribution in [0.15, 0.2) is 23.1 Å². The van der Waals surface area contributed by atoms with Crippen molar-refractivity contribution in [1.82, 2.24) is 14.3 Å². The van der Waals surface area contributed by atoms with Gasteiger partial charge in [0, 0.05) is 18.3 Å². The van der Waals surface area contributed by atoms with Gasteiger partial charge in [0.2, 0.25) is 5.95 Å². The van der Waals surface area contributed by atoms with Crippen LogP contribution in [0.3, 0.4) is 0 Å². The molecule has 0 aliphatic carbocycles. The van der Waals surface area contributed by atoms with Crippen molar-refractivity contribution in [3.8, 4) is 6.07 Å². The van der Waals surface area contributed by atoms with Crippen LogP contribution >= 0.6 is 11.9 Å². The average Bonchev–Trinajstić information content (AvgIpc) is 3.18. The van der Waals surface area contributed by atoms with Crippen LogP contribution < -0.4 is 10.0 Å². The molecule has 0 radical (unpaired) electrons. The van der Waals surface area contributed by atoms with Gasteiger partial charge in [-0.15, -0.1) is 0 Å². The summed E-state index contributed by atoms with van der Waals surface area (Å²) in [6, 6.07) is 4.22. The summed E-state index contributed by atoms with van der Waals surface area (Å²) in [5.74, 6) is -1.17. The van der Waals surface area contributed by atoms with Gasteiger partial charge in [-0.25, -0.2) is 9.71 Å². The van der Waals surface area contributed by atoms with Gasteiger partial charge in [-0.3, -0.25) is 4.79 Å². The molecule has 0 saturated carbocycles. The molecule has 0 aromatic carbocycles. The van der Waals surface area contributed by atoms with Crippen LogP contribution in [0.5, 0.6) is 0 Å². The first-order valence-corrected chi connectivity index (χ1v) is 9.52. The summed E-state index contributed by atoms with van der Waals surface area (Å²) < 4.78 is 24.2. The summed E-state index contributed by atoms with van der Waals surface area (Å²) in [5, 5.41) is 11.6.